The van der Waals surface area contributed by atoms with E-state index in [1.165, 1.54) is 6.08 Å². The highest BCUT2D eigenvalue weighted by Gasteiger charge is 2.37. The molecule has 1 amide bonds. The molecule has 2 rings (SSSR count). The maximum Gasteiger partial charge on any atom is 0.407 e. The second-order valence-corrected chi connectivity index (χ2v) is 4.50. The van der Waals surface area contributed by atoms with E-state index < -0.39 is 24.4 Å². The van der Waals surface area contributed by atoms with Crippen molar-refractivity contribution < 1.29 is 23.8 Å². The quantitative estimate of drug-likeness (QED) is 0.638. The van der Waals surface area contributed by atoms with E-state index in [0.717, 1.165) is 5.56 Å². The number of hydrogen-bond donors (Lipinski definition) is 1. The first kappa shape index (κ1) is 15.1. The van der Waals surface area contributed by atoms with E-state index >= 15 is 0 Å². The molecule has 6 nitrogen and oxygen atoms in total. The fourth-order valence-corrected chi connectivity index (χ4v) is 1.89. The summed E-state index contributed by atoms with van der Waals surface area (Å²) in [5, 5.41) is 2.55. The second-order valence-electron chi connectivity index (χ2n) is 4.50. The molecule has 1 saturated heterocycles. The number of hydrogen-bond acceptors (Lipinski definition) is 5. The van der Waals surface area contributed by atoms with E-state index in [1.54, 1.807) is 0 Å². The van der Waals surface area contributed by atoms with E-state index in [9.17, 15) is 9.59 Å². The minimum absolute atomic E-state index is 0.0582. The third-order valence-corrected chi connectivity index (χ3v) is 2.86. The maximum absolute atomic E-state index is 11.5. The molecule has 1 fully saturated rings. The number of carbonyl (C=O) groups excluding carboxylic acids is 2. The second kappa shape index (κ2) is 7.44. The van der Waals surface area contributed by atoms with E-state index in [-0.39, 0.29) is 13.0 Å². The van der Waals surface area contributed by atoms with Crippen LogP contribution in [0.3, 0.4) is 0 Å². The van der Waals surface area contributed by atoms with Crippen LogP contribution in [0.5, 0.6) is 0 Å². The number of amides is 1. The van der Waals surface area contributed by atoms with Crippen LogP contribution in [-0.4, -0.2) is 31.0 Å². The van der Waals surface area contributed by atoms with E-state index in [0.29, 0.717) is 6.61 Å². The molecule has 1 aromatic carbocycles. The van der Waals surface area contributed by atoms with Gasteiger partial charge in [0, 0.05) is 0 Å². The molecule has 0 bridgehead atoms. The predicted molar refractivity (Wildman–Crippen MR) is 74.2 cm³/mol. The molecule has 0 aliphatic carbocycles. The van der Waals surface area contributed by atoms with Crippen molar-refractivity contribution in [1.29, 1.82) is 0 Å². The normalized spacial score (nSPS) is 20.7. The first-order valence-corrected chi connectivity index (χ1v) is 6.58. The summed E-state index contributed by atoms with van der Waals surface area (Å²) in [5.74, 6) is -0.415. The van der Waals surface area contributed by atoms with Crippen LogP contribution in [0.25, 0.3) is 0 Å². The van der Waals surface area contributed by atoms with Gasteiger partial charge in [-0.2, -0.15) is 0 Å². The first-order chi connectivity index (χ1) is 10.2. The van der Waals surface area contributed by atoms with Crippen LogP contribution in [-0.2, 0) is 25.6 Å². The number of carbonyl (C=O) groups is 2. The number of rotatable bonds is 6. The molecule has 0 spiro atoms. The topological polar surface area (TPSA) is 73.9 Å². The van der Waals surface area contributed by atoms with Crippen molar-refractivity contribution in [3.63, 3.8) is 0 Å². The van der Waals surface area contributed by atoms with Crippen LogP contribution in [0.4, 0.5) is 4.79 Å². The van der Waals surface area contributed by atoms with Crippen LogP contribution in [0.1, 0.15) is 12.0 Å². The average Bonchev–Trinajstić information content (AvgIpc) is 2.83. The number of nitrogens with one attached hydrogen (secondary N) is 1. The van der Waals surface area contributed by atoms with Gasteiger partial charge < -0.3 is 19.5 Å². The summed E-state index contributed by atoms with van der Waals surface area (Å²) in [4.78, 5) is 22.8. The summed E-state index contributed by atoms with van der Waals surface area (Å²) >= 11 is 0. The Morgan fingerprint density at radius 1 is 1.43 bits per heavy atom. The Labute approximate surface area is 122 Å². The third-order valence-electron chi connectivity index (χ3n) is 2.86. The van der Waals surface area contributed by atoms with Gasteiger partial charge >= 0.3 is 12.1 Å². The van der Waals surface area contributed by atoms with Gasteiger partial charge in [-0.15, -0.1) is 0 Å². The van der Waals surface area contributed by atoms with Crippen molar-refractivity contribution >= 4 is 12.1 Å². The summed E-state index contributed by atoms with van der Waals surface area (Å²) in [6, 6.07) is 8.93. The molecule has 1 heterocycles. The summed E-state index contributed by atoms with van der Waals surface area (Å²) in [5.41, 5.74) is 0.952. The van der Waals surface area contributed by atoms with Crippen molar-refractivity contribution in [1.82, 2.24) is 5.32 Å². The number of alkyl carbamates (subject to hydrolysis) is 1. The Morgan fingerprint density at radius 3 is 2.90 bits per heavy atom. The highest BCUT2D eigenvalue weighted by atomic mass is 16.7. The highest BCUT2D eigenvalue weighted by molar-refractivity contribution is 5.75. The van der Waals surface area contributed by atoms with Crippen LogP contribution >= 0.6 is 0 Å². The van der Waals surface area contributed by atoms with Crippen molar-refractivity contribution in [2.24, 2.45) is 0 Å². The molecule has 1 unspecified atom stereocenters. The van der Waals surface area contributed by atoms with Crippen molar-refractivity contribution in [3.8, 4) is 0 Å². The molecule has 0 saturated carbocycles. The van der Waals surface area contributed by atoms with Crippen LogP contribution < -0.4 is 5.32 Å². The number of ether oxygens (including phenoxy) is 3. The molecule has 1 aromatic rings. The SMILES string of the molecule is C=CCOC(=O)N[C@@H]1CC(=O)OC1OCc1ccccc1. The molecule has 2 atom stereocenters. The van der Waals surface area contributed by atoms with E-state index in [1.807, 2.05) is 30.3 Å². The number of cyclic esters (lactones) is 1. The summed E-state index contributed by atoms with van der Waals surface area (Å²) in [6.45, 7) is 3.84. The largest absolute Gasteiger partial charge is 0.445 e. The van der Waals surface area contributed by atoms with Crippen LogP contribution in [0.2, 0.25) is 0 Å². The van der Waals surface area contributed by atoms with Gasteiger partial charge in [0.2, 0.25) is 6.29 Å². The number of esters is 1. The monoisotopic (exact) mass is 291 g/mol. The molecule has 1 aliphatic heterocycles. The molecular formula is C15H17NO5. The van der Waals surface area contributed by atoms with Crippen molar-refractivity contribution in [2.45, 2.75) is 25.4 Å². The smallest absolute Gasteiger partial charge is 0.407 e. The minimum Gasteiger partial charge on any atom is -0.445 e. The zero-order valence-corrected chi connectivity index (χ0v) is 11.5. The lowest BCUT2D eigenvalue weighted by Gasteiger charge is -2.18. The zero-order valence-electron chi connectivity index (χ0n) is 11.5. The van der Waals surface area contributed by atoms with Gasteiger partial charge in [0.15, 0.2) is 0 Å². The fourth-order valence-electron chi connectivity index (χ4n) is 1.89. The highest BCUT2D eigenvalue weighted by Crippen LogP contribution is 2.18. The standard InChI is InChI=1S/C15H17NO5/c1-2-8-19-15(18)16-12-9-13(17)21-14(12)20-10-11-6-4-3-5-7-11/h2-7,12,14H,1,8-10H2,(H,16,18)/t12-,14?/m1/s1. The lowest BCUT2D eigenvalue weighted by atomic mass is 10.2. The molecule has 21 heavy (non-hydrogen) atoms. The average molecular weight is 291 g/mol. The van der Waals surface area contributed by atoms with Crippen LogP contribution in [0, 0.1) is 0 Å². The van der Waals surface area contributed by atoms with Gasteiger partial charge in [0.1, 0.15) is 12.6 Å². The maximum atomic E-state index is 11.5. The van der Waals surface area contributed by atoms with Gasteiger partial charge in [0.25, 0.3) is 0 Å². The molecule has 1 N–H and O–H groups in total. The van der Waals surface area contributed by atoms with E-state index in [4.69, 9.17) is 14.2 Å². The van der Waals surface area contributed by atoms with Gasteiger partial charge in [-0.3, -0.25) is 4.79 Å². The van der Waals surface area contributed by atoms with Crippen LogP contribution in [0.15, 0.2) is 43.0 Å². The molecular weight excluding hydrogens is 274 g/mol. The molecule has 6 heteroatoms. The molecule has 112 valence electrons. The van der Waals surface area contributed by atoms with Crippen molar-refractivity contribution in [3.05, 3.63) is 48.6 Å². The number of benzene rings is 1. The minimum atomic E-state index is -0.811. The Balaban J connectivity index is 1.86. The Kier molecular flexibility index (Phi) is 5.34. The van der Waals surface area contributed by atoms with Crippen molar-refractivity contribution in [2.75, 3.05) is 6.61 Å². The Hall–Kier alpha value is -2.34. The zero-order chi connectivity index (χ0) is 15.1. The van der Waals surface area contributed by atoms with Gasteiger partial charge in [-0.1, -0.05) is 43.0 Å². The predicted octanol–water partition coefficient (Wildman–Crippen LogP) is 1.76. The summed E-state index contributed by atoms with van der Waals surface area (Å²) in [7, 11) is 0. The molecule has 1 aliphatic rings. The lowest BCUT2D eigenvalue weighted by Crippen LogP contribution is -2.41. The van der Waals surface area contributed by atoms with Gasteiger partial charge in [-0.05, 0) is 5.56 Å². The third kappa shape index (κ3) is 4.61. The lowest BCUT2D eigenvalue weighted by molar-refractivity contribution is -0.167. The molecule has 0 aromatic heterocycles. The molecule has 0 radical (unpaired) electrons. The summed E-state index contributed by atoms with van der Waals surface area (Å²) < 4.78 is 15.4. The first-order valence-electron chi connectivity index (χ1n) is 6.58. The Morgan fingerprint density at radius 2 is 2.19 bits per heavy atom. The fraction of sp³-hybridized carbons (Fsp3) is 0.333. The Bertz CT molecular complexity index is 502. The van der Waals surface area contributed by atoms with E-state index in [2.05, 4.69) is 11.9 Å². The van der Waals surface area contributed by atoms with Gasteiger partial charge in [0.05, 0.1) is 13.0 Å². The summed E-state index contributed by atoms with van der Waals surface area (Å²) in [6.07, 6.45) is 0.0718. The van der Waals surface area contributed by atoms with Gasteiger partial charge in [-0.25, -0.2) is 4.79 Å².